The normalized spacial score (nSPS) is 12.5. The molecule has 1 aromatic heterocycles. The van der Waals surface area contributed by atoms with Crippen LogP contribution in [0.3, 0.4) is 0 Å². The zero-order chi connectivity index (χ0) is 12.4. The molecule has 2 nitrogen and oxygen atoms in total. The van der Waals surface area contributed by atoms with Crippen LogP contribution in [0.25, 0.3) is 0 Å². The minimum atomic E-state index is -0.685. The molecular weight excluding hydrogens is 222 g/mol. The van der Waals surface area contributed by atoms with Gasteiger partial charge in [-0.3, -0.25) is 4.98 Å². The molecule has 2 rings (SSSR count). The molecule has 0 amide bonds. The highest BCUT2D eigenvalue weighted by Crippen LogP contribution is 2.21. The molecule has 2 N–H and O–H groups in total. The van der Waals surface area contributed by atoms with Crippen LogP contribution in [0.15, 0.2) is 36.5 Å². The molecule has 88 valence electrons. The van der Waals surface area contributed by atoms with Crippen molar-refractivity contribution in [2.24, 2.45) is 5.73 Å². The molecule has 0 aliphatic rings. The summed E-state index contributed by atoms with van der Waals surface area (Å²) in [7, 11) is 0. The van der Waals surface area contributed by atoms with E-state index in [1.807, 2.05) is 13.0 Å². The molecule has 1 atom stereocenters. The lowest BCUT2D eigenvalue weighted by Gasteiger charge is -2.12. The third-order valence-corrected chi connectivity index (χ3v) is 2.55. The van der Waals surface area contributed by atoms with Gasteiger partial charge >= 0.3 is 0 Å². The van der Waals surface area contributed by atoms with E-state index in [1.54, 1.807) is 12.3 Å². The number of pyridine rings is 1. The Kier molecular flexibility index (Phi) is 3.15. The number of hydrogen-bond acceptors (Lipinski definition) is 2. The van der Waals surface area contributed by atoms with Crippen LogP contribution in [0.2, 0.25) is 0 Å². The van der Waals surface area contributed by atoms with E-state index < -0.39 is 17.7 Å². The zero-order valence-corrected chi connectivity index (χ0v) is 9.32. The molecule has 0 fully saturated rings. The summed E-state index contributed by atoms with van der Waals surface area (Å²) >= 11 is 0. The Morgan fingerprint density at radius 2 is 1.94 bits per heavy atom. The quantitative estimate of drug-likeness (QED) is 0.867. The summed E-state index contributed by atoms with van der Waals surface area (Å²) in [6.07, 6.45) is 1.62. The van der Waals surface area contributed by atoms with E-state index in [9.17, 15) is 8.78 Å². The van der Waals surface area contributed by atoms with Gasteiger partial charge in [-0.25, -0.2) is 8.78 Å². The number of nitrogens with two attached hydrogens (primary N) is 1. The van der Waals surface area contributed by atoms with Crippen LogP contribution in [-0.2, 0) is 0 Å². The van der Waals surface area contributed by atoms with Gasteiger partial charge in [-0.15, -0.1) is 0 Å². The average molecular weight is 234 g/mol. The van der Waals surface area contributed by atoms with Crippen molar-refractivity contribution in [3.05, 3.63) is 65.0 Å². The summed E-state index contributed by atoms with van der Waals surface area (Å²) in [4.78, 5) is 4.09. The Bertz CT molecular complexity index is 541. The maximum Gasteiger partial charge on any atom is 0.131 e. The summed E-state index contributed by atoms with van der Waals surface area (Å²) < 4.78 is 26.3. The number of hydrogen-bond donors (Lipinski definition) is 1. The predicted molar refractivity (Wildman–Crippen MR) is 61.4 cm³/mol. The Hall–Kier alpha value is -1.81. The van der Waals surface area contributed by atoms with Crippen LogP contribution in [0.4, 0.5) is 8.78 Å². The van der Waals surface area contributed by atoms with E-state index in [1.165, 1.54) is 12.1 Å². The first-order valence-electron chi connectivity index (χ1n) is 5.21. The van der Waals surface area contributed by atoms with E-state index in [0.29, 0.717) is 5.69 Å². The van der Waals surface area contributed by atoms with Gasteiger partial charge in [0.2, 0.25) is 0 Å². The molecule has 1 unspecified atom stereocenters. The van der Waals surface area contributed by atoms with E-state index in [2.05, 4.69) is 4.98 Å². The van der Waals surface area contributed by atoms with Gasteiger partial charge in [0.1, 0.15) is 11.6 Å². The molecule has 1 aromatic carbocycles. The summed E-state index contributed by atoms with van der Waals surface area (Å²) in [5.74, 6) is -1.27. The van der Waals surface area contributed by atoms with Crippen LogP contribution >= 0.6 is 0 Å². The van der Waals surface area contributed by atoms with Gasteiger partial charge in [0, 0.05) is 17.8 Å². The monoisotopic (exact) mass is 234 g/mol. The minimum Gasteiger partial charge on any atom is -0.319 e. The first kappa shape index (κ1) is 11.7. The number of aromatic nitrogens is 1. The second kappa shape index (κ2) is 4.59. The number of rotatable bonds is 2. The van der Waals surface area contributed by atoms with E-state index in [0.717, 1.165) is 11.6 Å². The highest BCUT2D eigenvalue weighted by atomic mass is 19.1. The molecule has 0 radical (unpaired) electrons. The smallest absolute Gasteiger partial charge is 0.131 e. The van der Waals surface area contributed by atoms with Crippen molar-refractivity contribution in [3.63, 3.8) is 0 Å². The summed E-state index contributed by atoms with van der Waals surface area (Å²) in [5, 5.41) is 0. The molecule has 0 bridgehead atoms. The molecule has 0 spiro atoms. The van der Waals surface area contributed by atoms with Crippen molar-refractivity contribution in [2.75, 3.05) is 0 Å². The molecule has 2 aromatic rings. The zero-order valence-electron chi connectivity index (χ0n) is 9.32. The van der Waals surface area contributed by atoms with Crippen molar-refractivity contribution in [3.8, 4) is 0 Å². The lowest BCUT2D eigenvalue weighted by atomic mass is 10.0. The molecule has 4 heteroatoms. The topological polar surface area (TPSA) is 38.9 Å². The van der Waals surface area contributed by atoms with Crippen molar-refractivity contribution in [1.82, 2.24) is 4.98 Å². The maximum absolute atomic E-state index is 13.5. The fourth-order valence-electron chi connectivity index (χ4n) is 1.64. The molecule has 17 heavy (non-hydrogen) atoms. The average Bonchev–Trinajstić information content (AvgIpc) is 2.28. The van der Waals surface area contributed by atoms with Crippen molar-refractivity contribution in [2.45, 2.75) is 13.0 Å². The number of halogens is 2. The number of nitrogens with zero attached hydrogens (tertiary/aromatic N) is 1. The number of aryl methyl sites for hydroxylation is 1. The molecule has 0 aliphatic heterocycles. The summed E-state index contributed by atoms with van der Waals surface area (Å²) in [6, 6.07) is 6.29. The van der Waals surface area contributed by atoms with E-state index >= 15 is 0 Å². The molecule has 1 heterocycles. The standard InChI is InChI=1S/C13H12F2N2/c1-8-4-5-17-12(6-8)13(16)10-3-2-9(14)7-11(10)15/h2-7,13H,16H2,1H3. The van der Waals surface area contributed by atoms with E-state index in [4.69, 9.17) is 5.73 Å². The third-order valence-electron chi connectivity index (χ3n) is 2.55. The fraction of sp³-hybridized carbons (Fsp3) is 0.154. The highest BCUT2D eigenvalue weighted by molar-refractivity contribution is 5.30. The van der Waals surface area contributed by atoms with Crippen LogP contribution in [0, 0.1) is 18.6 Å². The fourth-order valence-corrected chi connectivity index (χ4v) is 1.64. The summed E-state index contributed by atoms with van der Waals surface area (Å²) in [6.45, 7) is 1.90. The van der Waals surface area contributed by atoms with Crippen molar-refractivity contribution in [1.29, 1.82) is 0 Å². The van der Waals surface area contributed by atoms with E-state index in [-0.39, 0.29) is 5.56 Å². The van der Waals surface area contributed by atoms with Gasteiger partial charge in [0.25, 0.3) is 0 Å². The van der Waals surface area contributed by atoms with Crippen LogP contribution in [-0.4, -0.2) is 4.98 Å². The van der Waals surface area contributed by atoms with Crippen molar-refractivity contribution < 1.29 is 8.78 Å². The molecule has 0 saturated carbocycles. The maximum atomic E-state index is 13.5. The van der Waals surface area contributed by atoms with Crippen molar-refractivity contribution >= 4 is 0 Å². The Labute approximate surface area is 98.1 Å². The molecule has 0 aliphatic carbocycles. The van der Waals surface area contributed by atoms with Crippen LogP contribution in [0.5, 0.6) is 0 Å². The Balaban J connectivity index is 2.40. The first-order valence-corrected chi connectivity index (χ1v) is 5.21. The lowest BCUT2D eigenvalue weighted by molar-refractivity contribution is 0.564. The second-order valence-electron chi connectivity index (χ2n) is 3.90. The third kappa shape index (κ3) is 2.47. The Morgan fingerprint density at radius 1 is 1.18 bits per heavy atom. The number of benzene rings is 1. The van der Waals surface area contributed by atoms with Crippen LogP contribution < -0.4 is 5.73 Å². The second-order valence-corrected chi connectivity index (χ2v) is 3.90. The van der Waals surface area contributed by atoms with Gasteiger partial charge in [-0.2, -0.15) is 0 Å². The van der Waals surface area contributed by atoms with Gasteiger partial charge in [0.05, 0.1) is 11.7 Å². The largest absolute Gasteiger partial charge is 0.319 e. The first-order chi connectivity index (χ1) is 8.08. The minimum absolute atomic E-state index is 0.240. The summed E-state index contributed by atoms with van der Waals surface area (Å²) in [5.41, 5.74) is 7.71. The highest BCUT2D eigenvalue weighted by Gasteiger charge is 2.15. The molecule has 0 saturated heterocycles. The molecular formula is C13H12F2N2. The van der Waals surface area contributed by atoms with Gasteiger partial charge in [0.15, 0.2) is 0 Å². The predicted octanol–water partition coefficient (Wildman–Crippen LogP) is 2.72. The SMILES string of the molecule is Cc1ccnc(C(N)c2ccc(F)cc2F)c1. The van der Waals surface area contributed by atoms with Gasteiger partial charge in [-0.05, 0) is 30.7 Å². The lowest BCUT2D eigenvalue weighted by Crippen LogP contribution is -2.15. The Morgan fingerprint density at radius 3 is 2.59 bits per heavy atom. The van der Waals surface area contributed by atoms with Gasteiger partial charge in [-0.1, -0.05) is 6.07 Å². The van der Waals surface area contributed by atoms with Crippen LogP contribution in [0.1, 0.15) is 22.9 Å². The van der Waals surface area contributed by atoms with Gasteiger partial charge < -0.3 is 5.73 Å².